The van der Waals surface area contributed by atoms with Crippen LogP contribution in [0.25, 0.3) is 0 Å². The Hall–Kier alpha value is -0.750. The lowest BCUT2D eigenvalue weighted by molar-refractivity contribution is -0.125. The minimum absolute atomic E-state index is 0. The van der Waals surface area contributed by atoms with Crippen LogP contribution in [0.2, 0.25) is 0 Å². The van der Waals surface area contributed by atoms with E-state index in [9.17, 15) is 4.79 Å². The van der Waals surface area contributed by atoms with Crippen molar-refractivity contribution in [3.8, 4) is 0 Å². The number of hydrogen-bond donors (Lipinski definition) is 2. The molecule has 1 unspecified atom stereocenters. The van der Waals surface area contributed by atoms with Gasteiger partial charge in [-0.05, 0) is 12.1 Å². The summed E-state index contributed by atoms with van der Waals surface area (Å²) < 4.78 is 5.25. The van der Waals surface area contributed by atoms with E-state index in [-0.39, 0.29) is 24.4 Å². The van der Waals surface area contributed by atoms with Crippen LogP contribution < -0.4 is 10.6 Å². The Morgan fingerprint density at radius 2 is 2.21 bits per heavy atom. The van der Waals surface area contributed by atoms with Crippen LogP contribution in [0.1, 0.15) is 0 Å². The Morgan fingerprint density at radius 1 is 1.42 bits per heavy atom. The van der Waals surface area contributed by atoms with Crippen molar-refractivity contribution in [3.05, 3.63) is 30.3 Å². The lowest BCUT2D eigenvalue weighted by Gasteiger charge is -2.22. The van der Waals surface area contributed by atoms with Gasteiger partial charge in [0, 0.05) is 23.7 Å². The van der Waals surface area contributed by atoms with Crippen molar-refractivity contribution >= 4 is 30.1 Å². The molecule has 6 heteroatoms. The minimum Gasteiger partial charge on any atom is -0.378 e. The zero-order chi connectivity index (χ0) is 12.6. The highest BCUT2D eigenvalue weighted by Gasteiger charge is 2.20. The molecule has 0 aliphatic carbocycles. The summed E-state index contributed by atoms with van der Waals surface area (Å²) in [7, 11) is 0. The summed E-state index contributed by atoms with van der Waals surface area (Å²) in [5.41, 5.74) is 0. The number of morpholine rings is 1. The lowest BCUT2D eigenvalue weighted by atomic mass is 10.2. The van der Waals surface area contributed by atoms with Gasteiger partial charge in [0.2, 0.25) is 5.91 Å². The molecule has 0 bridgehead atoms. The van der Waals surface area contributed by atoms with Crippen LogP contribution in [0.15, 0.2) is 35.2 Å². The molecule has 1 saturated heterocycles. The maximum atomic E-state index is 11.7. The van der Waals surface area contributed by atoms with Gasteiger partial charge in [0.05, 0.1) is 13.2 Å². The maximum absolute atomic E-state index is 11.7. The third-order valence-corrected chi connectivity index (χ3v) is 3.67. The fourth-order valence-electron chi connectivity index (χ4n) is 1.72. The fraction of sp³-hybridized carbons (Fsp3) is 0.462. The highest BCUT2D eigenvalue weighted by atomic mass is 35.5. The van der Waals surface area contributed by atoms with Crippen molar-refractivity contribution in [2.24, 2.45) is 0 Å². The van der Waals surface area contributed by atoms with Crippen LogP contribution in [-0.2, 0) is 9.53 Å². The first-order valence-corrected chi connectivity index (χ1v) is 7.11. The number of amides is 1. The smallest absolute Gasteiger partial charge is 0.239 e. The molecule has 106 valence electrons. The molecule has 4 nitrogen and oxygen atoms in total. The largest absolute Gasteiger partial charge is 0.378 e. The van der Waals surface area contributed by atoms with E-state index in [2.05, 4.69) is 22.8 Å². The molecule has 0 radical (unpaired) electrons. The van der Waals surface area contributed by atoms with Crippen LogP contribution in [0, 0.1) is 0 Å². The van der Waals surface area contributed by atoms with E-state index < -0.39 is 0 Å². The van der Waals surface area contributed by atoms with Crippen molar-refractivity contribution in [2.45, 2.75) is 10.9 Å². The zero-order valence-corrected chi connectivity index (χ0v) is 12.3. The van der Waals surface area contributed by atoms with Gasteiger partial charge in [-0.25, -0.2) is 0 Å². The third kappa shape index (κ3) is 5.82. The summed E-state index contributed by atoms with van der Waals surface area (Å²) in [6, 6.07) is 9.99. The van der Waals surface area contributed by atoms with E-state index in [0.717, 1.165) is 12.3 Å². The molecule has 0 saturated carbocycles. The molecule has 19 heavy (non-hydrogen) atoms. The van der Waals surface area contributed by atoms with E-state index in [1.54, 1.807) is 11.8 Å². The number of rotatable bonds is 5. The lowest BCUT2D eigenvalue weighted by Crippen LogP contribution is -2.51. The zero-order valence-electron chi connectivity index (χ0n) is 10.6. The molecule has 1 amide bonds. The summed E-state index contributed by atoms with van der Waals surface area (Å²) in [4.78, 5) is 13.0. The van der Waals surface area contributed by atoms with Crippen LogP contribution in [0.4, 0.5) is 0 Å². The average molecular weight is 303 g/mol. The van der Waals surface area contributed by atoms with Crippen molar-refractivity contribution in [3.63, 3.8) is 0 Å². The third-order valence-electron chi connectivity index (χ3n) is 2.65. The second-order valence-electron chi connectivity index (χ2n) is 4.03. The van der Waals surface area contributed by atoms with E-state index in [4.69, 9.17) is 4.74 Å². The summed E-state index contributed by atoms with van der Waals surface area (Å²) in [5, 5.41) is 6.05. The van der Waals surface area contributed by atoms with Gasteiger partial charge in [0.25, 0.3) is 0 Å². The van der Waals surface area contributed by atoms with Gasteiger partial charge in [-0.15, -0.1) is 24.2 Å². The van der Waals surface area contributed by atoms with Crippen LogP contribution in [0.3, 0.4) is 0 Å². The Morgan fingerprint density at radius 3 is 2.89 bits per heavy atom. The van der Waals surface area contributed by atoms with Gasteiger partial charge in [0.1, 0.15) is 6.04 Å². The Balaban J connectivity index is 0.00000180. The van der Waals surface area contributed by atoms with Crippen LogP contribution >= 0.6 is 24.2 Å². The molecule has 0 spiro atoms. The molecule has 2 N–H and O–H groups in total. The van der Waals surface area contributed by atoms with Crippen LogP contribution in [0.5, 0.6) is 0 Å². The quantitative estimate of drug-likeness (QED) is 0.636. The number of hydrogen-bond acceptors (Lipinski definition) is 4. The molecule has 1 aliphatic heterocycles. The summed E-state index contributed by atoms with van der Waals surface area (Å²) in [6.45, 7) is 2.58. The van der Waals surface area contributed by atoms with Crippen LogP contribution in [-0.4, -0.2) is 44.0 Å². The normalized spacial score (nSPS) is 18.4. The molecule has 1 aliphatic rings. The number of ether oxygens (including phenoxy) is 1. The van der Waals surface area contributed by atoms with Gasteiger partial charge in [-0.2, -0.15) is 0 Å². The number of nitrogens with one attached hydrogen (secondary N) is 2. The summed E-state index contributed by atoms with van der Waals surface area (Å²) in [6.07, 6.45) is 0. The highest BCUT2D eigenvalue weighted by Crippen LogP contribution is 2.15. The van der Waals surface area contributed by atoms with E-state index in [1.807, 2.05) is 18.2 Å². The first-order chi connectivity index (χ1) is 8.86. The predicted octanol–water partition coefficient (Wildman–Crippen LogP) is 1.31. The van der Waals surface area contributed by atoms with E-state index >= 15 is 0 Å². The topological polar surface area (TPSA) is 50.4 Å². The number of carbonyl (C=O) groups excluding carboxylic acids is 1. The Bertz CT molecular complexity index is 372. The Labute approximate surface area is 124 Å². The molecule has 1 heterocycles. The maximum Gasteiger partial charge on any atom is 0.239 e. The minimum atomic E-state index is -0.194. The van der Waals surface area contributed by atoms with E-state index in [1.165, 1.54) is 4.90 Å². The van der Waals surface area contributed by atoms with Gasteiger partial charge in [-0.3, -0.25) is 4.79 Å². The first kappa shape index (κ1) is 16.3. The number of benzene rings is 1. The Kier molecular flexibility index (Phi) is 7.90. The number of carbonyl (C=O) groups is 1. The molecular weight excluding hydrogens is 284 g/mol. The van der Waals surface area contributed by atoms with Gasteiger partial charge >= 0.3 is 0 Å². The standard InChI is InChI=1S/C13H18N2O2S.ClH/c16-13(12-10-17-8-6-14-12)15-7-9-18-11-4-2-1-3-5-11;/h1-5,12,14H,6-10H2,(H,15,16);1H. The van der Waals surface area contributed by atoms with Crippen molar-refractivity contribution in [1.29, 1.82) is 0 Å². The molecule has 1 fully saturated rings. The van der Waals surface area contributed by atoms with Gasteiger partial charge < -0.3 is 15.4 Å². The molecule has 1 aromatic carbocycles. The van der Waals surface area contributed by atoms with Gasteiger partial charge in [0.15, 0.2) is 0 Å². The number of thioether (sulfide) groups is 1. The molecule has 0 aromatic heterocycles. The van der Waals surface area contributed by atoms with Crippen molar-refractivity contribution in [2.75, 3.05) is 32.1 Å². The van der Waals surface area contributed by atoms with Crippen molar-refractivity contribution in [1.82, 2.24) is 10.6 Å². The monoisotopic (exact) mass is 302 g/mol. The molecular formula is C13H19ClN2O2S. The summed E-state index contributed by atoms with van der Waals surface area (Å²) in [5.74, 6) is 0.909. The summed E-state index contributed by atoms with van der Waals surface area (Å²) >= 11 is 1.74. The molecule has 2 rings (SSSR count). The molecule has 1 aromatic rings. The second-order valence-corrected chi connectivity index (χ2v) is 5.20. The SMILES string of the molecule is Cl.O=C(NCCSc1ccccc1)C1COCCN1. The number of halogens is 1. The first-order valence-electron chi connectivity index (χ1n) is 6.13. The van der Waals surface area contributed by atoms with Gasteiger partial charge in [-0.1, -0.05) is 18.2 Å². The predicted molar refractivity (Wildman–Crippen MR) is 80.0 cm³/mol. The fourth-order valence-corrected chi connectivity index (χ4v) is 2.51. The molecule has 1 atom stereocenters. The second kappa shape index (κ2) is 9.20. The van der Waals surface area contributed by atoms with Crippen molar-refractivity contribution < 1.29 is 9.53 Å². The highest BCUT2D eigenvalue weighted by molar-refractivity contribution is 7.99. The van der Waals surface area contributed by atoms with E-state index in [0.29, 0.717) is 19.8 Å². The average Bonchev–Trinajstić information content (AvgIpc) is 2.45.